The van der Waals surface area contributed by atoms with Crippen molar-refractivity contribution in [3.05, 3.63) is 46.1 Å². The fraction of sp³-hybridized carbons (Fsp3) is 0.182. The zero-order valence-corrected chi connectivity index (χ0v) is 9.74. The van der Waals surface area contributed by atoms with Crippen LogP contribution in [-0.2, 0) is 6.42 Å². The lowest BCUT2D eigenvalue weighted by Crippen LogP contribution is -2.07. The van der Waals surface area contributed by atoms with Crippen LogP contribution in [0.25, 0.3) is 0 Å². The van der Waals surface area contributed by atoms with Crippen LogP contribution in [0.15, 0.2) is 29.1 Å². The maximum atomic E-state index is 10.9. The molecule has 0 radical (unpaired) electrons. The zero-order valence-electron chi connectivity index (χ0n) is 9.74. The summed E-state index contributed by atoms with van der Waals surface area (Å²) in [5, 5.41) is 26.2. The molecule has 0 aliphatic rings. The summed E-state index contributed by atoms with van der Waals surface area (Å²) in [4.78, 5) is 14.2. The largest absolute Gasteiger partial charge is 0.379 e. The van der Waals surface area contributed by atoms with Crippen molar-refractivity contribution in [3.63, 3.8) is 0 Å². The van der Waals surface area contributed by atoms with Gasteiger partial charge in [0.2, 0.25) is 6.39 Å². The number of nitrogens with zero attached hydrogens (tertiary/aromatic N) is 4. The summed E-state index contributed by atoms with van der Waals surface area (Å²) in [6.45, 7) is 0.423. The molecule has 2 aromatic rings. The second-order valence-corrected chi connectivity index (χ2v) is 3.63. The third-order valence-corrected chi connectivity index (χ3v) is 2.39. The quantitative estimate of drug-likeness (QED) is 0.638. The van der Waals surface area contributed by atoms with Crippen LogP contribution in [0.5, 0.6) is 0 Å². The Kier molecular flexibility index (Phi) is 3.68. The molecule has 0 amide bonds. The molecule has 0 saturated carbocycles. The first-order chi connectivity index (χ1) is 9.20. The van der Waals surface area contributed by atoms with E-state index in [-0.39, 0.29) is 11.3 Å². The fourth-order valence-corrected chi connectivity index (χ4v) is 1.51. The van der Waals surface area contributed by atoms with Gasteiger partial charge in [-0.05, 0) is 12.1 Å². The van der Waals surface area contributed by atoms with Crippen LogP contribution in [-0.4, -0.2) is 21.6 Å². The highest BCUT2D eigenvalue weighted by Crippen LogP contribution is 2.25. The van der Waals surface area contributed by atoms with Crippen LogP contribution in [0.3, 0.4) is 0 Å². The van der Waals surface area contributed by atoms with Crippen molar-refractivity contribution in [2.45, 2.75) is 6.42 Å². The van der Waals surface area contributed by atoms with Crippen LogP contribution >= 0.6 is 0 Å². The highest BCUT2D eigenvalue weighted by atomic mass is 16.6. The molecule has 0 fully saturated rings. The van der Waals surface area contributed by atoms with Crippen molar-refractivity contribution in [2.75, 3.05) is 11.9 Å². The first kappa shape index (κ1) is 12.5. The molecule has 0 aliphatic heterocycles. The molecule has 96 valence electrons. The molecule has 1 N–H and O–H groups in total. The predicted molar refractivity (Wildman–Crippen MR) is 64.3 cm³/mol. The van der Waals surface area contributed by atoms with Crippen molar-refractivity contribution in [1.82, 2.24) is 10.1 Å². The molecule has 1 aromatic carbocycles. The van der Waals surface area contributed by atoms with Gasteiger partial charge in [-0.3, -0.25) is 10.1 Å². The lowest BCUT2D eigenvalue weighted by molar-refractivity contribution is -0.384. The van der Waals surface area contributed by atoms with Crippen molar-refractivity contribution in [3.8, 4) is 6.07 Å². The number of aromatic nitrogens is 2. The van der Waals surface area contributed by atoms with E-state index in [1.165, 1.54) is 24.6 Å². The van der Waals surface area contributed by atoms with Crippen LogP contribution in [0, 0.1) is 21.4 Å². The van der Waals surface area contributed by atoms with E-state index >= 15 is 0 Å². The van der Waals surface area contributed by atoms with Gasteiger partial charge in [-0.15, -0.1) is 0 Å². The molecule has 1 heterocycles. The van der Waals surface area contributed by atoms with Gasteiger partial charge in [-0.25, -0.2) is 0 Å². The van der Waals surface area contributed by atoms with Gasteiger partial charge in [0.1, 0.15) is 5.69 Å². The first-order valence-corrected chi connectivity index (χ1v) is 5.38. The van der Waals surface area contributed by atoms with Crippen molar-refractivity contribution in [2.24, 2.45) is 0 Å². The fourth-order valence-electron chi connectivity index (χ4n) is 1.51. The molecule has 2 rings (SSSR count). The number of nitriles is 1. The standard InChI is InChI=1S/C11H9N5O3/c12-6-8-1-2-9(10(5-8)16(17)18)13-4-3-11-14-7-19-15-11/h1-2,5,7,13H,3-4H2. The van der Waals surface area contributed by atoms with Crippen LogP contribution in [0.1, 0.15) is 11.4 Å². The maximum Gasteiger partial charge on any atom is 0.293 e. The van der Waals surface area contributed by atoms with E-state index in [4.69, 9.17) is 5.26 Å². The van der Waals surface area contributed by atoms with E-state index in [9.17, 15) is 10.1 Å². The Morgan fingerprint density at radius 3 is 3.00 bits per heavy atom. The van der Waals surface area contributed by atoms with E-state index in [2.05, 4.69) is 20.0 Å². The first-order valence-electron chi connectivity index (χ1n) is 5.38. The summed E-state index contributed by atoms with van der Waals surface area (Å²) >= 11 is 0. The second-order valence-electron chi connectivity index (χ2n) is 3.63. The number of benzene rings is 1. The summed E-state index contributed by atoms with van der Waals surface area (Å²) in [6.07, 6.45) is 1.70. The van der Waals surface area contributed by atoms with Gasteiger partial charge in [0, 0.05) is 19.0 Å². The van der Waals surface area contributed by atoms with E-state index in [0.717, 1.165) is 0 Å². The summed E-state index contributed by atoms with van der Waals surface area (Å²) < 4.78 is 4.58. The maximum absolute atomic E-state index is 10.9. The van der Waals surface area contributed by atoms with Gasteiger partial charge in [-0.1, -0.05) is 5.16 Å². The van der Waals surface area contributed by atoms with Gasteiger partial charge in [0.15, 0.2) is 5.82 Å². The Balaban J connectivity index is 2.07. The molecule has 0 unspecified atom stereocenters. The number of rotatable bonds is 5. The van der Waals surface area contributed by atoms with Crippen molar-refractivity contribution in [1.29, 1.82) is 5.26 Å². The SMILES string of the molecule is N#Cc1ccc(NCCc2ncon2)c([N+](=O)[O-])c1. The molecule has 0 atom stereocenters. The molecule has 0 aliphatic carbocycles. The number of hydrogen-bond donors (Lipinski definition) is 1. The van der Waals surface area contributed by atoms with Gasteiger partial charge in [0.05, 0.1) is 16.6 Å². The van der Waals surface area contributed by atoms with E-state index < -0.39 is 4.92 Å². The smallest absolute Gasteiger partial charge is 0.293 e. The molecule has 1 aromatic heterocycles. The number of anilines is 1. The summed E-state index contributed by atoms with van der Waals surface area (Å²) in [5.41, 5.74) is 0.468. The third kappa shape index (κ3) is 3.04. The Morgan fingerprint density at radius 1 is 1.53 bits per heavy atom. The van der Waals surface area contributed by atoms with Gasteiger partial charge in [0.25, 0.3) is 5.69 Å². The molecule has 8 heteroatoms. The minimum atomic E-state index is -0.530. The van der Waals surface area contributed by atoms with E-state index in [1.807, 2.05) is 6.07 Å². The average Bonchev–Trinajstić information content (AvgIpc) is 2.92. The zero-order chi connectivity index (χ0) is 13.7. The predicted octanol–water partition coefficient (Wildman–Crippen LogP) is 1.50. The number of hydrogen-bond acceptors (Lipinski definition) is 7. The molecule has 19 heavy (non-hydrogen) atoms. The molecule has 0 spiro atoms. The third-order valence-electron chi connectivity index (χ3n) is 2.39. The van der Waals surface area contributed by atoms with Crippen molar-refractivity contribution >= 4 is 11.4 Å². The highest BCUT2D eigenvalue weighted by molar-refractivity contribution is 5.64. The summed E-state index contributed by atoms with van der Waals surface area (Å²) in [6, 6.07) is 6.12. The van der Waals surface area contributed by atoms with Crippen LogP contribution in [0.2, 0.25) is 0 Å². The number of nitro benzene ring substituents is 1. The lowest BCUT2D eigenvalue weighted by Gasteiger charge is -2.05. The molecule has 0 saturated heterocycles. The number of nitro groups is 1. The topological polar surface area (TPSA) is 118 Å². The minimum absolute atomic E-state index is 0.132. The average molecular weight is 259 g/mol. The minimum Gasteiger partial charge on any atom is -0.379 e. The van der Waals surface area contributed by atoms with Gasteiger partial charge in [-0.2, -0.15) is 10.2 Å². The Morgan fingerprint density at radius 2 is 2.37 bits per heavy atom. The highest BCUT2D eigenvalue weighted by Gasteiger charge is 2.14. The summed E-state index contributed by atoms with van der Waals surface area (Å²) in [7, 11) is 0. The molecular formula is C11H9N5O3. The summed E-state index contributed by atoms with van der Waals surface area (Å²) in [5.74, 6) is 0.517. The van der Waals surface area contributed by atoms with Gasteiger partial charge >= 0.3 is 0 Å². The Labute approximate surface area is 107 Å². The Hall–Kier alpha value is -2.95. The molecule has 8 nitrogen and oxygen atoms in total. The van der Waals surface area contributed by atoms with Gasteiger partial charge < -0.3 is 9.84 Å². The lowest BCUT2D eigenvalue weighted by atomic mass is 10.2. The Bertz CT molecular complexity index is 618. The van der Waals surface area contributed by atoms with Crippen LogP contribution in [0.4, 0.5) is 11.4 Å². The van der Waals surface area contributed by atoms with E-state index in [0.29, 0.717) is 24.5 Å². The molecular weight excluding hydrogens is 250 g/mol. The van der Waals surface area contributed by atoms with Crippen molar-refractivity contribution < 1.29 is 9.45 Å². The van der Waals surface area contributed by atoms with E-state index in [1.54, 1.807) is 0 Å². The second kappa shape index (κ2) is 5.59. The monoisotopic (exact) mass is 259 g/mol. The van der Waals surface area contributed by atoms with Crippen LogP contribution < -0.4 is 5.32 Å². The molecule has 0 bridgehead atoms. The normalized spacial score (nSPS) is 9.84. The number of nitrogens with one attached hydrogen (secondary N) is 1.